The van der Waals surface area contributed by atoms with E-state index < -0.39 is 0 Å². The third-order valence-corrected chi connectivity index (χ3v) is 3.98. The molecule has 0 aliphatic carbocycles. The number of hydrogen-bond donors (Lipinski definition) is 0. The highest BCUT2D eigenvalue weighted by atomic mass is 15.2. The number of aromatic nitrogens is 3. The van der Waals surface area contributed by atoms with Crippen LogP contribution in [0.15, 0.2) is 36.8 Å². The fourth-order valence-corrected chi connectivity index (χ4v) is 3.02. The van der Waals surface area contributed by atoms with Gasteiger partial charge >= 0.3 is 0 Å². The molecule has 0 radical (unpaired) electrons. The molecule has 0 bridgehead atoms. The first-order valence-electron chi connectivity index (χ1n) is 7.82. The normalized spacial score (nSPS) is 19.0. The summed E-state index contributed by atoms with van der Waals surface area (Å²) in [7, 11) is 4.12. The lowest BCUT2D eigenvalue weighted by atomic mass is 10.2. The standard InChI is InChI=1S/C17H23N5/c1-21(2)13-15-7-9-19-17(20-15)16-6-4-10-22(16)12-14-5-3-8-18-11-14/h3,5,7-9,11,16H,4,6,10,12-13H2,1-2H3. The van der Waals surface area contributed by atoms with Crippen LogP contribution in [0.2, 0.25) is 0 Å². The van der Waals surface area contributed by atoms with E-state index in [1.54, 1.807) is 0 Å². The molecule has 1 saturated heterocycles. The van der Waals surface area contributed by atoms with Crippen LogP contribution in [0.25, 0.3) is 0 Å². The van der Waals surface area contributed by atoms with Crippen molar-refractivity contribution in [2.75, 3.05) is 20.6 Å². The molecule has 1 aliphatic heterocycles. The summed E-state index contributed by atoms with van der Waals surface area (Å²) in [6, 6.07) is 6.45. The molecule has 22 heavy (non-hydrogen) atoms. The highest BCUT2D eigenvalue weighted by Gasteiger charge is 2.28. The zero-order valence-corrected chi connectivity index (χ0v) is 13.3. The van der Waals surface area contributed by atoms with Gasteiger partial charge in [-0.15, -0.1) is 0 Å². The van der Waals surface area contributed by atoms with Gasteiger partial charge in [-0.1, -0.05) is 6.07 Å². The highest BCUT2D eigenvalue weighted by Crippen LogP contribution is 2.31. The smallest absolute Gasteiger partial charge is 0.145 e. The number of nitrogens with zero attached hydrogens (tertiary/aromatic N) is 5. The first-order valence-corrected chi connectivity index (χ1v) is 7.82. The van der Waals surface area contributed by atoms with E-state index in [0.29, 0.717) is 6.04 Å². The Morgan fingerprint density at radius 2 is 2.18 bits per heavy atom. The second-order valence-electron chi connectivity index (χ2n) is 6.13. The molecule has 1 atom stereocenters. The third kappa shape index (κ3) is 3.67. The van der Waals surface area contributed by atoms with Crippen LogP contribution in [-0.2, 0) is 13.1 Å². The van der Waals surface area contributed by atoms with Gasteiger partial charge in [-0.05, 0) is 51.2 Å². The van der Waals surface area contributed by atoms with E-state index in [1.807, 2.05) is 30.7 Å². The van der Waals surface area contributed by atoms with Gasteiger partial charge in [0.15, 0.2) is 0 Å². The minimum Gasteiger partial charge on any atom is -0.304 e. The summed E-state index contributed by atoms with van der Waals surface area (Å²) in [4.78, 5) is 18.1. The molecule has 116 valence electrons. The van der Waals surface area contributed by atoms with Gasteiger partial charge in [0, 0.05) is 31.7 Å². The Balaban J connectivity index is 1.75. The molecule has 5 nitrogen and oxygen atoms in total. The predicted octanol–water partition coefficient (Wildman–Crippen LogP) is 2.27. The Bertz CT molecular complexity index is 599. The topological polar surface area (TPSA) is 45.2 Å². The van der Waals surface area contributed by atoms with Crippen molar-refractivity contribution in [2.24, 2.45) is 0 Å². The van der Waals surface area contributed by atoms with E-state index in [2.05, 4.69) is 39.9 Å². The predicted molar refractivity (Wildman–Crippen MR) is 86.0 cm³/mol. The van der Waals surface area contributed by atoms with Gasteiger partial charge in [-0.3, -0.25) is 9.88 Å². The van der Waals surface area contributed by atoms with Crippen molar-refractivity contribution in [1.82, 2.24) is 24.8 Å². The fraction of sp³-hybridized carbons (Fsp3) is 0.471. The molecule has 3 rings (SSSR count). The van der Waals surface area contributed by atoms with Crippen molar-refractivity contribution in [3.8, 4) is 0 Å². The average Bonchev–Trinajstić information content (AvgIpc) is 2.96. The summed E-state index contributed by atoms with van der Waals surface area (Å²) >= 11 is 0. The van der Waals surface area contributed by atoms with Crippen molar-refractivity contribution in [3.63, 3.8) is 0 Å². The van der Waals surface area contributed by atoms with Crippen LogP contribution in [-0.4, -0.2) is 45.4 Å². The lowest BCUT2D eigenvalue weighted by Crippen LogP contribution is -2.25. The van der Waals surface area contributed by atoms with Crippen LogP contribution >= 0.6 is 0 Å². The van der Waals surface area contributed by atoms with E-state index in [0.717, 1.165) is 37.6 Å². The Kier molecular flexibility index (Phi) is 4.75. The molecule has 0 amide bonds. The van der Waals surface area contributed by atoms with Gasteiger partial charge in [0.05, 0.1) is 11.7 Å². The maximum atomic E-state index is 4.78. The van der Waals surface area contributed by atoms with Crippen LogP contribution in [0, 0.1) is 0 Å². The van der Waals surface area contributed by atoms with E-state index in [4.69, 9.17) is 4.98 Å². The molecule has 2 aromatic rings. The van der Waals surface area contributed by atoms with Crippen molar-refractivity contribution in [1.29, 1.82) is 0 Å². The highest BCUT2D eigenvalue weighted by molar-refractivity contribution is 5.11. The third-order valence-electron chi connectivity index (χ3n) is 3.98. The monoisotopic (exact) mass is 297 g/mol. The largest absolute Gasteiger partial charge is 0.304 e. The Hall–Kier alpha value is -1.85. The van der Waals surface area contributed by atoms with Crippen LogP contribution in [0.3, 0.4) is 0 Å². The summed E-state index contributed by atoms with van der Waals surface area (Å²) in [5.41, 5.74) is 2.34. The number of likely N-dealkylation sites (tertiary alicyclic amines) is 1. The van der Waals surface area contributed by atoms with Gasteiger partial charge in [-0.2, -0.15) is 0 Å². The second kappa shape index (κ2) is 6.94. The fourth-order valence-electron chi connectivity index (χ4n) is 3.02. The molecule has 0 saturated carbocycles. The molecule has 5 heteroatoms. The SMILES string of the molecule is CN(C)Cc1ccnc(C2CCCN2Cc2cccnc2)n1. The summed E-state index contributed by atoms with van der Waals surface area (Å²) in [6.45, 7) is 2.87. The minimum absolute atomic E-state index is 0.322. The molecule has 1 aliphatic rings. The van der Waals surface area contributed by atoms with Crippen molar-refractivity contribution >= 4 is 0 Å². The van der Waals surface area contributed by atoms with Crippen molar-refractivity contribution in [2.45, 2.75) is 32.0 Å². The summed E-state index contributed by atoms with van der Waals surface area (Å²) in [5, 5.41) is 0. The first-order chi connectivity index (χ1) is 10.7. The van der Waals surface area contributed by atoms with Crippen molar-refractivity contribution < 1.29 is 0 Å². The average molecular weight is 297 g/mol. The van der Waals surface area contributed by atoms with Crippen LogP contribution in [0.1, 0.15) is 36.0 Å². The lowest BCUT2D eigenvalue weighted by Gasteiger charge is -2.23. The quantitative estimate of drug-likeness (QED) is 0.847. The van der Waals surface area contributed by atoms with Gasteiger partial charge in [0.25, 0.3) is 0 Å². The van der Waals surface area contributed by atoms with E-state index in [-0.39, 0.29) is 0 Å². The number of rotatable bonds is 5. The van der Waals surface area contributed by atoms with E-state index in [9.17, 15) is 0 Å². The molecule has 0 N–H and O–H groups in total. The summed E-state index contributed by atoms with van der Waals surface area (Å²) < 4.78 is 0. The van der Waals surface area contributed by atoms with E-state index >= 15 is 0 Å². The van der Waals surface area contributed by atoms with Gasteiger partial charge in [0.1, 0.15) is 5.82 Å². The maximum absolute atomic E-state index is 4.78. The number of hydrogen-bond acceptors (Lipinski definition) is 5. The zero-order valence-electron chi connectivity index (χ0n) is 13.3. The molecule has 1 unspecified atom stereocenters. The summed E-state index contributed by atoms with van der Waals surface area (Å²) in [5.74, 6) is 0.959. The van der Waals surface area contributed by atoms with Crippen LogP contribution in [0.5, 0.6) is 0 Å². The van der Waals surface area contributed by atoms with E-state index in [1.165, 1.54) is 12.0 Å². The minimum atomic E-state index is 0.322. The molecule has 0 spiro atoms. The molecule has 1 fully saturated rings. The Labute approximate surface area is 132 Å². The maximum Gasteiger partial charge on any atom is 0.145 e. The van der Waals surface area contributed by atoms with Crippen molar-refractivity contribution in [3.05, 3.63) is 53.9 Å². The molecule has 2 aromatic heterocycles. The summed E-state index contributed by atoms with van der Waals surface area (Å²) in [6.07, 6.45) is 7.98. The zero-order chi connectivity index (χ0) is 15.4. The first kappa shape index (κ1) is 15.1. The van der Waals surface area contributed by atoms with Crippen LogP contribution in [0.4, 0.5) is 0 Å². The lowest BCUT2D eigenvalue weighted by molar-refractivity contribution is 0.238. The second-order valence-corrected chi connectivity index (χ2v) is 6.13. The molecule has 3 heterocycles. The molecular weight excluding hydrogens is 274 g/mol. The Morgan fingerprint density at radius 1 is 1.27 bits per heavy atom. The molecule has 0 aromatic carbocycles. The Morgan fingerprint density at radius 3 is 2.95 bits per heavy atom. The van der Waals surface area contributed by atoms with Gasteiger partial charge < -0.3 is 4.90 Å². The number of pyridine rings is 1. The van der Waals surface area contributed by atoms with Gasteiger partial charge in [0.2, 0.25) is 0 Å². The molecular formula is C17H23N5. The van der Waals surface area contributed by atoms with Crippen LogP contribution < -0.4 is 0 Å². The van der Waals surface area contributed by atoms with Gasteiger partial charge in [-0.25, -0.2) is 9.97 Å².